The molecule has 26 heavy (non-hydrogen) atoms. The molecule has 2 heterocycles. The molecule has 1 aliphatic rings. The second kappa shape index (κ2) is 8.31. The molecule has 1 aliphatic heterocycles. The topological polar surface area (TPSA) is 89.2 Å². The first-order valence-electron chi connectivity index (χ1n) is 8.64. The zero-order valence-corrected chi connectivity index (χ0v) is 15.5. The first kappa shape index (κ1) is 18.4. The van der Waals surface area contributed by atoms with E-state index in [1.54, 1.807) is 4.90 Å². The lowest BCUT2D eigenvalue weighted by Gasteiger charge is -2.30. The summed E-state index contributed by atoms with van der Waals surface area (Å²) in [7, 11) is 0. The quantitative estimate of drug-likeness (QED) is 0.644. The van der Waals surface area contributed by atoms with Crippen molar-refractivity contribution in [1.29, 1.82) is 0 Å². The van der Waals surface area contributed by atoms with Crippen molar-refractivity contribution >= 4 is 23.6 Å². The Bertz CT molecular complexity index is 789. The number of aromatic nitrogens is 2. The number of thioether (sulfide) groups is 1. The van der Waals surface area contributed by atoms with E-state index in [9.17, 15) is 9.59 Å². The zero-order valence-electron chi connectivity index (χ0n) is 14.7. The average Bonchev–Trinajstić information content (AvgIpc) is 2.66. The van der Waals surface area contributed by atoms with Gasteiger partial charge in [0.1, 0.15) is 0 Å². The molecule has 6 nitrogen and oxygen atoms in total. The van der Waals surface area contributed by atoms with Crippen LogP contribution in [0.3, 0.4) is 0 Å². The van der Waals surface area contributed by atoms with Crippen LogP contribution < -0.4 is 5.73 Å². The van der Waals surface area contributed by atoms with E-state index in [2.05, 4.69) is 9.97 Å². The summed E-state index contributed by atoms with van der Waals surface area (Å²) in [5, 5.41) is 0.601. The molecule has 1 saturated heterocycles. The maximum absolute atomic E-state index is 12.4. The summed E-state index contributed by atoms with van der Waals surface area (Å²) in [4.78, 5) is 34.4. The minimum atomic E-state index is -0.270. The Hall–Kier alpha value is -2.41. The maximum Gasteiger partial charge on any atom is 0.233 e. The summed E-state index contributed by atoms with van der Waals surface area (Å²) in [5.74, 6) is -0.0450. The van der Waals surface area contributed by atoms with E-state index in [-0.39, 0.29) is 17.7 Å². The molecule has 2 amide bonds. The van der Waals surface area contributed by atoms with Crippen LogP contribution >= 0.6 is 11.8 Å². The number of primary amides is 1. The molecule has 136 valence electrons. The average molecular weight is 370 g/mol. The third-order valence-electron chi connectivity index (χ3n) is 4.48. The maximum atomic E-state index is 12.4. The van der Waals surface area contributed by atoms with Crippen molar-refractivity contribution in [2.24, 2.45) is 11.7 Å². The predicted molar refractivity (Wildman–Crippen MR) is 101 cm³/mol. The van der Waals surface area contributed by atoms with Gasteiger partial charge in [-0.25, -0.2) is 9.97 Å². The van der Waals surface area contributed by atoms with Crippen LogP contribution in [0, 0.1) is 12.8 Å². The van der Waals surface area contributed by atoms with Crippen molar-refractivity contribution in [2.75, 3.05) is 18.8 Å². The molecular formula is C19H22N4O2S. The molecule has 2 aromatic rings. The van der Waals surface area contributed by atoms with Gasteiger partial charge in [0.05, 0.1) is 11.4 Å². The van der Waals surface area contributed by atoms with E-state index >= 15 is 0 Å². The van der Waals surface area contributed by atoms with Gasteiger partial charge in [0, 0.05) is 30.3 Å². The van der Waals surface area contributed by atoms with Gasteiger partial charge in [0.25, 0.3) is 0 Å². The number of piperidine rings is 1. The summed E-state index contributed by atoms with van der Waals surface area (Å²) < 4.78 is 0. The van der Waals surface area contributed by atoms with Gasteiger partial charge in [-0.2, -0.15) is 0 Å². The Morgan fingerprint density at radius 2 is 1.88 bits per heavy atom. The lowest BCUT2D eigenvalue weighted by atomic mass is 9.96. The summed E-state index contributed by atoms with van der Waals surface area (Å²) >= 11 is 1.35. The number of hydrogen-bond donors (Lipinski definition) is 1. The van der Waals surface area contributed by atoms with Crippen molar-refractivity contribution in [3.8, 4) is 11.3 Å². The van der Waals surface area contributed by atoms with Crippen LogP contribution in [0.15, 0.2) is 41.6 Å². The van der Waals surface area contributed by atoms with Crippen LogP contribution in [0.2, 0.25) is 0 Å². The molecule has 0 unspecified atom stereocenters. The van der Waals surface area contributed by atoms with Crippen LogP contribution in [-0.2, 0) is 9.59 Å². The number of likely N-dealkylation sites (tertiary alicyclic amines) is 1. The Morgan fingerprint density at radius 1 is 1.19 bits per heavy atom. The number of carbonyl (C=O) groups is 2. The smallest absolute Gasteiger partial charge is 0.233 e. The van der Waals surface area contributed by atoms with Crippen LogP contribution in [0.25, 0.3) is 11.3 Å². The number of amides is 2. The number of nitrogens with zero attached hydrogens (tertiary/aromatic N) is 3. The molecule has 7 heteroatoms. The molecule has 0 saturated carbocycles. The van der Waals surface area contributed by atoms with Gasteiger partial charge in [-0.15, -0.1) is 0 Å². The molecule has 1 aromatic heterocycles. The molecule has 0 bridgehead atoms. The number of hydrogen-bond acceptors (Lipinski definition) is 5. The lowest BCUT2D eigenvalue weighted by Crippen LogP contribution is -2.42. The molecule has 0 radical (unpaired) electrons. The Balaban J connectivity index is 1.60. The monoisotopic (exact) mass is 370 g/mol. The fraction of sp³-hybridized carbons (Fsp3) is 0.368. The normalized spacial score (nSPS) is 15.0. The minimum Gasteiger partial charge on any atom is -0.369 e. The first-order chi connectivity index (χ1) is 12.5. The predicted octanol–water partition coefficient (Wildman–Crippen LogP) is 2.27. The van der Waals surface area contributed by atoms with E-state index in [1.165, 1.54) is 11.8 Å². The van der Waals surface area contributed by atoms with Gasteiger partial charge < -0.3 is 10.6 Å². The molecule has 0 spiro atoms. The number of nitrogens with two attached hydrogens (primary N) is 1. The van der Waals surface area contributed by atoms with Crippen LogP contribution in [0.5, 0.6) is 0 Å². The third-order valence-corrected chi connectivity index (χ3v) is 5.31. The fourth-order valence-electron chi connectivity index (χ4n) is 2.99. The van der Waals surface area contributed by atoms with Gasteiger partial charge in [-0.3, -0.25) is 9.59 Å². The van der Waals surface area contributed by atoms with Crippen LogP contribution in [-0.4, -0.2) is 45.5 Å². The summed E-state index contributed by atoms with van der Waals surface area (Å²) in [6.07, 6.45) is 1.29. The van der Waals surface area contributed by atoms with Crippen LogP contribution in [0.1, 0.15) is 18.5 Å². The standard InChI is InChI=1S/C19H22N4O2S/c1-13-11-16(14-5-3-2-4-6-14)22-19(21-13)26-12-17(24)23-9-7-15(8-10-23)18(20)25/h2-6,11,15H,7-10,12H2,1H3,(H2,20,25). The van der Waals surface area contributed by atoms with Gasteiger partial charge >= 0.3 is 0 Å². The molecule has 2 N–H and O–H groups in total. The number of benzene rings is 1. The minimum absolute atomic E-state index is 0.0456. The Kier molecular flexibility index (Phi) is 5.88. The number of rotatable bonds is 5. The molecule has 1 fully saturated rings. The second-order valence-electron chi connectivity index (χ2n) is 6.39. The number of carbonyl (C=O) groups excluding carboxylic acids is 2. The largest absolute Gasteiger partial charge is 0.369 e. The Morgan fingerprint density at radius 3 is 2.54 bits per heavy atom. The van der Waals surface area contributed by atoms with Crippen molar-refractivity contribution in [2.45, 2.75) is 24.9 Å². The molecule has 1 aromatic carbocycles. The van der Waals surface area contributed by atoms with E-state index in [4.69, 9.17) is 5.73 Å². The second-order valence-corrected chi connectivity index (χ2v) is 7.33. The van der Waals surface area contributed by atoms with Gasteiger partial charge in [0.2, 0.25) is 11.8 Å². The van der Waals surface area contributed by atoms with Crippen molar-refractivity contribution in [3.05, 3.63) is 42.1 Å². The van der Waals surface area contributed by atoms with E-state index in [0.717, 1.165) is 17.0 Å². The zero-order chi connectivity index (χ0) is 18.5. The third kappa shape index (κ3) is 4.60. The molecule has 0 aliphatic carbocycles. The van der Waals surface area contributed by atoms with Gasteiger partial charge in [0.15, 0.2) is 5.16 Å². The van der Waals surface area contributed by atoms with Crippen molar-refractivity contribution in [3.63, 3.8) is 0 Å². The molecule has 0 atom stereocenters. The summed E-state index contributed by atoms with van der Waals surface area (Å²) in [6.45, 7) is 3.09. The fourth-order valence-corrected chi connectivity index (χ4v) is 3.80. The highest BCUT2D eigenvalue weighted by molar-refractivity contribution is 7.99. The molecular weight excluding hydrogens is 348 g/mol. The van der Waals surface area contributed by atoms with Gasteiger partial charge in [-0.05, 0) is 25.8 Å². The van der Waals surface area contributed by atoms with E-state index in [0.29, 0.717) is 36.8 Å². The first-order valence-corrected chi connectivity index (χ1v) is 9.62. The highest BCUT2D eigenvalue weighted by Gasteiger charge is 2.25. The van der Waals surface area contributed by atoms with Crippen molar-refractivity contribution in [1.82, 2.24) is 14.9 Å². The lowest BCUT2D eigenvalue weighted by molar-refractivity contribution is -0.132. The van der Waals surface area contributed by atoms with Gasteiger partial charge in [-0.1, -0.05) is 42.1 Å². The highest BCUT2D eigenvalue weighted by Crippen LogP contribution is 2.23. The summed E-state index contributed by atoms with van der Waals surface area (Å²) in [5.41, 5.74) is 8.09. The Labute approximate surface area is 157 Å². The van der Waals surface area contributed by atoms with Crippen molar-refractivity contribution < 1.29 is 9.59 Å². The van der Waals surface area contributed by atoms with E-state index in [1.807, 2.05) is 43.3 Å². The SMILES string of the molecule is Cc1cc(-c2ccccc2)nc(SCC(=O)N2CCC(C(N)=O)CC2)n1. The highest BCUT2D eigenvalue weighted by atomic mass is 32.2. The number of aryl methyl sites for hydroxylation is 1. The molecule has 3 rings (SSSR count). The van der Waals surface area contributed by atoms with E-state index < -0.39 is 0 Å². The van der Waals surface area contributed by atoms with Crippen LogP contribution in [0.4, 0.5) is 0 Å². The summed E-state index contributed by atoms with van der Waals surface area (Å²) in [6, 6.07) is 11.9.